The third kappa shape index (κ3) is 2.23. The standard InChI is InChI=1S/C15H16N2OS/c18-11(9-16-19)10-17-14-7-3-1-5-12(14)13-6-2-4-8-15(13)17/h1-8,11,16,18-19H,9-10H2. The highest BCUT2D eigenvalue weighted by Gasteiger charge is 2.12. The van der Waals surface area contributed by atoms with E-state index < -0.39 is 6.10 Å². The number of aromatic nitrogens is 1. The van der Waals surface area contributed by atoms with E-state index in [0.29, 0.717) is 13.1 Å². The van der Waals surface area contributed by atoms with Gasteiger partial charge in [-0.25, -0.2) is 0 Å². The second-order valence-electron chi connectivity index (χ2n) is 4.66. The minimum atomic E-state index is -0.461. The van der Waals surface area contributed by atoms with Gasteiger partial charge in [0.2, 0.25) is 0 Å². The van der Waals surface area contributed by atoms with Gasteiger partial charge in [0.25, 0.3) is 0 Å². The number of hydrogen-bond acceptors (Lipinski definition) is 3. The molecule has 0 bridgehead atoms. The second kappa shape index (κ2) is 5.25. The first-order chi connectivity index (χ1) is 9.31. The normalized spacial score (nSPS) is 13.2. The lowest BCUT2D eigenvalue weighted by Gasteiger charge is -2.13. The fourth-order valence-corrected chi connectivity index (χ4v) is 2.79. The molecule has 0 spiro atoms. The molecular weight excluding hydrogens is 256 g/mol. The largest absolute Gasteiger partial charge is 0.390 e. The minimum absolute atomic E-state index is 0.461. The molecule has 1 unspecified atom stereocenters. The number of thiol groups is 1. The molecule has 1 atom stereocenters. The second-order valence-corrected chi connectivity index (χ2v) is 4.98. The first kappa shape index (κ1) is 12.5. The van der Waals surface area contributed by atoms with Crippen molar-refractivity contribution in [2.24, 2.45) is 0 Å². The molecule has 0 amide bonds. The van der Waals surface area contributed by atoms with Crippen molar-refractivity contribution in [3.8, 4) is 0 Å². The van der Waals surface area contributed by atoms with Crippen molar-refractivity contribution >= 4 is 34.6 Å². The number of nitrogens with one attached hydrogen (secondary N) is 1. The van der Waals surface area contributed by atoms with Crippen LogP contribution in [0.25, 0.3) is 21.8 Å². The molecule has 2 N–H and O–H groups in total. The molecule has 0 saturated heterocycles. The smallest absolute Gasteiger partial charge is 0.0852 e. The van der Waals surface area contributed by atoms with Crippen LogP contribution in [0.3, 0.4) is 0 Å². The average molecular weight is 272 g/mol. The Morgan fingerprint density at radius 2 is 1.53 bits per heavy atom. The van der Waals surface area contributed by atoms with E-state index in [1.54, 1.807) is 0 Å². The summed E-state index contributed by atoms with van der Waals surface area (Å²) < 4.78 is 4.87. The van der Waals surface area contributed by atoms with Crippen LogP contribution in [0.15, 0.2) is 48.5 Å². The van der Waals surface area contributed by atoms with Crippen molar-refractivity contribution in [1.82, 2.24) is 9.29 Å². The van der Waals surface area contributed by atoms with E-state index in [9.17, 15) is 5.11 Å². The van der Waals surface area contributed by atoms with Crippen LogP contribution in [0.1, 0.15) is 0 Å². The van der Waals surface area contributed by atoms with Gasteiger partial charge >= 0.3 is 0 Å². The molecule has 3 rings (SSSR count). The van der Waals surface area contributed by atoms with E-state index >= 15 is 0 Å². The predicted molar refractivity (Wildman–Crippen MR) is 82.4 cm³/mol. The Kier molecular flexibility index (Phi) is 3.46. The van der Waals surface area contributed by atoms with Crippen LogP contribution in [0.4, 0.5) is 0 Å². The van der Waals surface area contributed by atoms with Gasteiger partial charge in [0.1, 0.15) is 0 Å². The van der Waals surface area contributed by atoms with Crippen molar-refractivity contribution in [3.05, 3.63) is 48.5 Å². The molecule has 0 aliphatic heterocycles. The summed E-state index contributed by atoms with van der Waals surface area (Å²) in [4.78, 5) is 0. The number of fused-ring (bicyclic) bond motifs is 3. The van der Waals surface area contributed by atoms with Gasteiger partial charge < -0.3 is 9.67 Å². The van der Waals surface area contributed by atoms with Crippen LogP contribution in [-0.4, -0.2) is 22.3 Å². The SMILES string of the molecule is OC(CNS)Cn1c2ccccc2c2ccccc21. The van der Waals surface area contributed by atoms with Gasteiger partial charge in [0, 0.05) is 28.4 Å². The summed E-state index contributed by atoms with van der Waals surface area (Å²) in [5.41, 5.74) is 2.31. The van der Waals surface area contributed by atoms with Gasteiger partial charge in [-0.2, -0.15) is 0 Å². The molecular formula is C15H16N2OS. The van der Waals surface area contributed by atoms with Crippen molar-refractivity contribution in [3.63, 3.8) is 0 Å². The quantitative estimate of drug-likeness (QED) is 0.639. The summed E-state index contributed by atoms with van der Waals surface area (Å²) in [7, 11) is 0. The van der Waals surface area contributed by atoms with Crippen LogP contribution in [0.5, 0.6) is 0 Å². The van der Waals surface area contributed by atoms with Crippen molar-refractivity contribution in [2.75, 3.05) is 6.54 Å². The third-order valence-corrected chi connectivity index (χ3v) is 3.58. The number of hydrogen-bond donors (Lipinski definition) is 3. The highest BCUT2D eigenvalue weighted by atomic mass is 32.1. The lowest BCUT2D eigenvalue weighted by atomic mass is 10.2. The van der Waals surface area contributed by atoms with Crippen LogP contribution in [0, 0.1) is 0 Å². The molecule has 2 aromatic carbocycles. The maximum atomic E-state index is 10.0. The number of nitrogens with zero attached hydrogens (tertiary/aromatic N) is 1. The molecule has 0 saturated carbocycles. The fraction of sp³-hybridized carbons (Fsp3) is 0.200. The van der Waals surface area contributed by atoms with E-state index in [4.69, 9.17) is 0 Å². The molecule has 0 aliphatic rings. The van der Waals surface area contributed by atoms with E-state index in [-0.39, 0.29) is 0 Å². The molecule has 0 fully saturated rings. The summed E-state index contributed by atoms with van der Waals surface area (Å²) in [6.45, 7) is 1.02. The van der Waals surface area contributed by atoms with Crippen LogP contribution < -0.4 is 4.72 Å². The predicted octanol–water partition coefficient (Wildman–Crippen LogP) is 2.59. The summed E-state index contributed by atoms with van der Waals surface area (Å²) in [6.07, 6.45) is -0.461. The molecule has 1 aromatic heterocycles. The molecule has 4 heteroatoms. The highest BCUT2D eigenvalue weighted by molar-refractivity contribution is 7.78. The third-order valence-electron chi connectivity index (χ3n) is 3.40. The van der Waals surface area contributed by atoms with Crippen molar-refractivity contribution in [1.29, 1.82) is 0 Å². The Hall–Kier alpha value is -1.49. The summed E-state index contributed by atoms with van der Waals surface area (Å²) in [5, 5.41) is 12.5. The Bertz CT molecular complexity index is 654. The number of aliphatic hydroxyl groups excluding tert-OH is 1. The summed E-state index contributed by atoms with van der Waals surface area (Å²) >= 11 is 3.94. The van der Waals surface area contributed by atoms with Crippen molar-refractivity contribution in [2.45, 2.75) is 12.6 Å². The fourth-order valence-electron chi connectivity index (χ4n) is 2.58. The van der Waals surface area contributed by atoms with Gasteiger partial charge in [-0.05, 0) is 12.1 Å². The zero-order valence-electron chi connectivity index (χ0n) is 10.5. The first-order valence-electron chi connectivity index (χ1n) is 6.32. The maximum absolute atomic E-state index is 10.0. The number of benzene rings is 2. The highest BCUT2D eigenvalue weighted by Crippen LogP contribution is 2.28. The van der Waals surface area contributed by atoms with Crippen LogP contribution in [-0.2, 0) is 6.54 Å². The van der Waals surface area contributed by atoms with Crippen molar-refractivity contribution < 1.29 is 5.11 Å². The molecule has 98 valence electrons. The van der Waals surface area contributed by atoms with Crippen LogP contribution in [0.2, 0.25) is 0 Å². The molecule has 19 heavy (non-hydrogen) atoms. The Balaban J connectivity index is 2.19. The lowest BCUT2D eigenvalue weighted by molar-refractivity contribution is 0.162. The van der Waals surface area contributed by atoms with Gasteiger partial charge in [0.05, 0.1) is 12.6 Å². The van der Waals surface area contributed by atoms with E-state index in [0.717, 1.165) is 11.0 Å². The van der Waals surface area contributed by atoms with Gasteiger partial charge in [0.15, 0.2) is 0 Å². The molecule has 3 aromatic rings. The molecule has 0 aliphatic carbocycles. The van der Waals surface area contributed by atoms with Gasteiger partial charge in [-0.15, -0.1) is 0 Å². The summed E-state index contributed by atoms with van der Waals surface area (Å²) in [5.74, 6) is 0. The van der Waals surface area contributed by atoms with Gasteiger partial charge in [-0.3, -0.25) is 4.72 Å². The number of para-hydroxylation sites is 2. The Morgan fingerprint density at radius 1 is 1.00 bits per heavy atom. The zero-order chi connectivity index (χ0) is 13.2. The van der Waals surface area contributed by atoms with Crippen LogP contribution >= 0.6 is 12.8 Å². The number of aliphatic hydroxyl groups is 1. The topological polar surface area (TPSA) is 37.2 Å². The van der Waals surface area contributed by atoms with E-state index in [2.05, 4.69) is 46.4 Å². The lowest BCUT2D eigenvalue weighted by Crippen LogP contribution is -2.25. The monoisotopic (exact) mass is 272 g/mol. The minimum Gasteiger partial charge on any atom is -0.390 e. The maximum Gasteiger partial charge on any atom is 0.0852 e. The Morgan fingerprint density at radius 3 is 2.05 bits per heavy atom. The van der Waals surface area contributed by atoms with E-state index in [1.165, 1.54) is 10.8 Å². The molecule has 3 nitrogen and oxygen atoms in total. The molecule has 1 heterocycles. The average Bonchev–Trinajstić information content (AvgIpc) is 2.75. The zero-order valence-corrected chi connectivity index (χ0v) is 11.3. The molecule has 0 radical (unpaired) electrons. The number of rotatable bonds is 4. The van der Waals surface area contributed by atoms with E-state index in [1.807, 2.05) is 24.3 Å². The van der Waals surface area contributed by atoms with Gasteiger partial charge in [-0.1, -0.05) is 49.2 Å². The first-order valence-corrected chi connectivity index (χ1v) is 6.77. The summed E-state index contributed by atoms with van der Waals surface area (Å²) in [6, 6.07) is 16.6. The Labute approximate surface area is 117 Å².